The molecule has 4 rings (SSSR count). The van der Waals surface area contributed by atoms with E-state index in [1.807, 2.05) is 47.2 Å². The second-order valence-electron chi connectivity index (χ2n) is 7.14. The van der Waals surface area contributed by atoms with Gasteiger partial charge in [-0.15, -0.1) is 11.3 Å². The fraction of sp³-hybridized carbons (Fsp3) is 0.286. The van der Waals surface area contributed by atoms with Crippen LogP contribution in [0, 0.1) is 0 Å². The van der Waals surface area contributed by atoms with Crippen molar-refractivity contribution in [1.82, 2.24) is 5.32 Å². The standard InChI is InChI=1S/C21H21NO3S2/c1-21(2)11-14-5-3-6-16(20(14)25-21)24-12-18(23)22-19(15-8-10-26-13-15)17-7-4-9-27-17/h3-10,13,19H,11-12H2,1-2H3,(H,22,23). The molecule has 2 aromatic heterocycles. The lowest BCUT2D eigenvalue weighted by molar-refractivity contribution is -0.123. The van der Waals surface area contributed by atoms with Crippen molar-refractivity contribution < 1.29 is 14.3 Å². The Morgan fingerprint density at radius 1 is 1.26 bits per heavy atom. The molecule has 0 bridgehead atoms. The van der Waals surface area contributed by atoms with Crippen LogP contribution in [-0.4, -0.2) is 18.1 Å². The average molecular weight is 400 g/mol. The zero-order chi connectivity index (χ0) is 18.9. The van der Waals surface area contributed by atoms with Gasteiger partial charge in [0.25, 0.3) is 5.91 Å². The molecular formula is C21H21NO3S2. The third-order valence-corrected chi connectivity index (χ3v) is 6.06. The molecule has 1 atom stereocenters. The fourth-order valence-electron chi connectivity index (χ4n) is 3.26. The molecule has 0 spiro atoms. The highest BCUT2D eigenvalue weighted by Gasteiger charge is 2.32. The Morgan fingerprint density at radius 2 is 2.15 bits per heavy atom. The maximum absolute atomic E-state index is 12.6. The molecular weight excluding hydrogens is 378 g/mol. The van der Waals surface area contributed by atoms with Gasteiger partial charge in [0.1, 0.15) is 5.60 Å². The molecule has 1 aliphatic rings. The Bertz CT molecular complexity index is 883. The van der Waals surface area contributed by atoms with E-state index < -0.39 is 0 Å². The van der Waals surface area contributed by atoms with E-state index in [9.17, 15) is 4.79 Å². The minimum Gasteiger partial charge on any atom is -0.483 e. The van der Waals surface area contributed by atoms with Crippen LogP contribution >= 0.6 is 22.7 Å². The average Bonchev–Trinajstić information content (AvgIpc) is 3.37. The summed E-state index contributed by atoms with van der Waals surface area (Å²) in [7, 11) is 0. The summed E-state index contributed by atoms with van der Waals surface area (Å²) >= 11 is 3.25. The van der Waals surface area contributed by atoms with Crippen LogP contribution in [0.25, 0.3) is 0 Å². The predicted octanol–water partition coefficient (Wildman–Crippen LogP) is 4.81. The predicted molar refractivity (Wildman–Crippen MR) is 109 cm³/mol. The number of benzene rings is 1. The zero-order valence-electron chi connectivity index (χ0n) is 15.2. The number of ether oxygens (including phenoxy) is 2. The molecule has 0 saturated heterocycles. The van der Waals surface area contributed by atoms with E-state index in [0.29, 0.717) is 5.75 Å². The third kappa shape index (κ3) is 4.01. The highest BCUT2D eigenvalue weighted by Crippen LogP contribution is 2.41. The van der Waals surface area contributed by atoms with Gasteiger partial charge in [0.2, 0.25) is 0 Å². The summed E-state index contributed by atoms with van der Waals surface area (Å²) in [6.45, 7) is 4.05. The van der Waals surface area contributed by atoms with Crippen molar-refractivity contribution in [3.05, 3.63) is 68.5 Å². The van der Waals surface area contributed by atoms with E-state index >= 15 is 0 Å². The molecule has 3 aromatic rings. The summed E-state index contributed by atoms with van der Waals surface area (Å²) in [5.41, 5.74) is 1.96. The maximum atomic E-state index is 12.6. The smallest absolute Gasteiger partial charge is 0.258 e. The van der Waals surface area contributed by atoms with E-state index in [1.54, 1.807) is 22.7 Å². The number of hydrogen-bond acceptors (Lipinski definition) is 5. The molecule has 1 aromatic carbocycles. The van der Waals surface area contributed by atoms with E-state index in [-0.39, 0.29) is 24.2 Å². The van der Waals surface area contributed by atoms with E-state index in [2.05, 4.69) is 24.5 Å². The number of fused-ring (bicyclic) bond motifs is 1. The quantitative estimate of drug-likeness (QED) is 0.647. The number of carbonyl (C=O) groups is 1. The Hall–Kier alpha value is -2.31. The van der Waals surface area contributed by atoms with Crippen LogP contribution in [0.4, 0.5) is 0 Å². The van der Waals surface area contributed by atoms with Crippen LogP contribution in [-0.2, 0) is 11.2 Å². The largest absolute Gasteiger partial charge is 0.483 e. The second kappa shape index (κ2) is 7.37. The summed E-state index contributed by atoms with van der Waals surface area (Å²) in [5.74, 6) is 1.22. The molecule has 6 heteroatoms. The Morgan fingerprint density at radius 3 is 2.89 bits per heavy atom. The number of carbonyl (C=O) groups excluding carboxylic acids is 1. The third-order valence-electron chi connectivity index (χ3n) is 4.42. The van der Waals surface area contributed by atoms with Crippen LogP contribution in [0.2, 0.25) is 0 Å². The molecule has 140 valence electrons. The first-order valence-electron chi connectivity index (χ1n) is 8.80. The van der Waals surface area contributed by atoms with E-state index in [4.69, 9.17) is 9.47 Å². The molecule has 1 N–H and O–H groups in total. The zero-order valence-corrected chi connectivity index (χ0v) is 16.9. The van der Waals surface area contributed by atoms with Crippen molar-refractivity contribution in [2.45, 2.75) is 31.9 Å². The molecule has 27 heavy (non-hydrogen) atoms. The molecule has 0 radical (unpaired) electrons. The molecule has 0 fully saturated rings. The van der Waals surface area contributed by atoms with Crippen molar-refractivity contribution in [3.8, 4) is 11.5 Å². The first-order valence-corrected chi connectivity index (χ1v) is 10.6. The van der Waals surface area contributed by atoms with Crippen LogP contribution < -0.4 is 14.8 Å². The molecule has 1 aliphatic heterocycles. The first-order chi connectivity index (χ1) is 13.0. The molecule has 1 amide bonds. The number of hydrogen-bond donors (Lipinski definition) is 1. The summed E-state index contributed by atoms with van der Waals surface area (Å²) < 4.78 is 11.8. The van der Waals surface area contributed by atoms with Gasteiger partial charge in [-0.3, -0.25) is 4.79 Å². The topological polar surface area (TPSA) is 47.6 Å². The second-order valence-corrected chi connectivity index (χ2v) is 8.90. The lowest BCUT2D eigenvalue weighted by Gasteiger charge is -2.19. The van der Waals surface area contributed by atoms with Crippen LogP contribution in [0.3, 0.4) is 0 Å². The normalized spacial score (nSPS) is 15.6. The summed E-state index contributed by atoms with van der Waals surface area (Å²) in [4.78, 5) is 13.7. The van der Waals surface area contributed by atoms with Gasteiger partial charge in [0.05, 0.1) is 6.04 Å². The lowest BCUT2D eigenvalue weighted by Crippen LogP contribution is -2.32. The van der Waals surface area contributed by atoms with Crippen molar-refractivity contribution in [1.29, 1.82) is 0 Å². The number of para-hydroxylation sites is 1. The molecule has 3 heterocycles. The van der Waals surface area contributed by atoms with Gasteiger partial charge in [0, 0.05) is 16.9 Å². The highest BCUT2D eigenvalue weighted by molar-refractivity contribution is 7.10. The van der Waals surface area contributed by atoms with Gasteiger partial charge in [-0.1, -0.05) is 18.2 Å². The van der Waals surface area contributed by atoms with E-state index in [0.717, 1.165) is 28.2 Å². The van der Waals surface area contributed by atoms with Crippen LogP contribution in [0.5, 0.6) is 11.5 Å². The monoisotopic (exact) mass is 399 g/mol. The van der Waals surface area contributed by atoms with Crippen molar-refractivity contribution in [2.75, 3.05) is 6.61 Å². The highest BCUT2D eigenvalue weighted by atomic mass is 32.1. The maximum Gasteiger partial charge on any atom is 0.258 e. The summed E-state index contributed by atoms with van der Waals surface area (Å²) in [6.07, 6.45) is 0.838. The Labute approximate surface area is 166 Å². The minimum absolute atomic E-state index is 0.0494. The Kier molecular flexibility index (Phi) is 4.93. The molecule has 4 nitrogen and oxygen atoms in total. The first kappa shape index (κ1) is 18.1. The fourth-order valence-corrected chi connectivity index (χ4v) is 4.75. The van der Waals surface area contributed by atoms with Crippen LogP contribution in [0.1, 0.15) is 35.9 Å². The number of nitrogens with one attached hydrogen (secondary N) is 1. The number of amides is 1. The van der Waals surface area contributed by atoms with Gasteiger partial charge < -0.3 is 14.8 Å². The molecule has 1 unspecified atom stereocenters. The van der Waals surface area contributed by atoms with Crippen LogP contribution in [0.15, 0.2) is 52.5 Å². The Balaban J connectivity index is 1.44. The van der Waals surface area contributed by atoms with Crippen molar-refractivity contribution in [3.63, 3.8) is 0 Å². The van der Waals surface area contributed by atoms with Crippen molar-refractivity contribution >= 4 is 28.6 Å². The summed E-state index contributed by atoms with van der Waals surface area (Å²) in [5, 5.41) is 9.19. The number of rotatable bonds is 6. The van der Waals surface area contributed by atoms with Gasteiger partial charge in [-0.25, -0.2) is 0 Å². The van der Waals surface area contributed by atoms with E-state index in [1.165, 1.54) is 0 Å². The van der Waals surface area contributed by atoms with Crippen molar-refractivity contribution in [2.24, 2.45) is 0 Å². The minimum atomic E-state index is -0.243. The summed E-state index contributed by atoms with van der Waals surface area (Å²) in [6, 6.07) is 11.8. The van der Waals surface area contributed by atoms with Gasteiger partial charge in [-0.2, -0.15) is 11.3 Å². The molecule has 0 aliphatic carbocycles. The number of thiophene rings is 2. The van der Waals surface area contributed by atoms with Gasteiger partial charge in [0.15, 0.2) is 18.1 Å². The SMILES string of the molecule is CC1(C)Cc2cccc(OCC(=O)NC(c3ccsc3)c3cccs3)c2O1. The van der Waals surface area contributed by atoms with Gasteiger partial charge in [-0.05, 0) is 53.8 Å². The lowest BCUT2D eigenvalue weighted by atomic mass is 10.0. The molecule has 0 saturated carbocycles. The van der Waals surface area contributed by atoms with Gasteiger partial charge >= 0.3 is 0 Å².